The number of unbranched alkanes of at least 4 members (excludes halogenated alkanes) is 1. The van der Waals surface area contributed by atoms with Gasteiger partial charge in [0.05, 0.1) is 17.4 Å². The van der Waals surface area contributed by atoms with Crippen LogP contribution in [-0.2, 0) is 19.1 Å². The first-order chi connectivity index (χ1) is 15.1. The smallest absolute Gasteiger partial charge is 0.246 e. The van der Waals surface area contributed by atoms with Crippen LogP contribution in [0.4, 0.5) is 0 Å². The van der Waals surface area contributed by atoms with Crippen LogP contribution >= 0.6 is 0 Å². The Hall–Kier alpha value is -1.67. The SMILES string of the molecule is CNC(=O)[C@H]1[C@H]2C(=O)N(CCCCO)C(C(=O)NC(C)(C)CC(C)(C)C)C23CC(C)[C@]1(C)O3. The lowest BCUT2D eigenvalue weighted by atomic mass is 9.62. The molecule has 6 atom stereocenters. The summed E-state index contributed by atoms with van der Waals surface area (Å²) in [4.78, 5) is 42.3. The number of rotatable bonds is 8. The lowest BCUT2D eigenvalue weighted by Gasteiger charge is -2.38. The zero-order valence-electron chi connectivity index (χ0n) is 21.6. The van der Waals surface area contributed by atoms with Crippen molar-refractivity contribution < 1.29 is 24.2 Å². The summed E-state index contributed by atoms with van der Waals surface area (Å²) >= 11 is 0. The number of nitrogens with one attached hydrogen (secondary N) is 2. The van der Waals surface area contributed by atoms with Crippen LogP contribution in [0, 0.1) is 23.2 Å². The maximum absolute atomic E-state index is 13.9. The van der Waals surface area contributed by atoms with Gasteiger partial charge in [-0.25, -0.2) is 0 Å². The topological polar surface area (TPSA) is 108 Å². The van der Waals surface area contributed by atoms with Gasteiger partial charge in [0.25, 0.3) is 0 Å². The molecule has 1 spiro atoms. The Balaban J connectivity index is 2.01. The molecule has 8 nitrogen and oxygen atoms in total. The second kappa shape index (κ2) is 8.52. The van der Waals surface area contributed by atoms with Gasteiger partial charge in [0.1, 0.15) is 11.6 Å². The number of carbonyl (C=O) groups excluding carboxylic acids is 3. The Morgan fingerprint density at radius 2 is 1.82 bits per heavy atom. The van der Waals surface area contributed by atoms with Crippen molar-refractivity contribution in [3.05, 3.63) is 0 Å². The molecule has 3 rings (SSSR count). The van der Waals surface area contributed by atoms with Crippen LogP contribution in [-0.4, -0.2) is 70.7 Å². The second-order valence-corrected chi connectivity index (χ2v) is 12.4. The van der Waals surface area contributed by atoms with Crippen LogP contribution in [0.15, 0.2) is 0 Å². The molecule has 0 aromatic carbocycles. The molecule has 3 unspecified atom stereocenters. The van der Waals surface area contributed by atoms with Crippen molar-refractivity contribution in [1.82, 2.24) is 15.5 Å². The fraction of sp³-hybridized carbons (Fsp3) is 0.880. The summed E-state index contributed by atoms with van der Waals surface area (Å²) in [5.41, 5.74) is -2.28. The van der Waals surface area contributed by atoms with E-state index in [4.69, 9.17) is 4.74 Å². The molecule has 0 aliphatic carbocycles. The van der Waals surface area contributed by atoms with E-state index < -0.39 is 34.6 Å². The summed E-state index contributed by atoms with van der Waals surface area (Å²) in [6, 6.07) is -0.799. The number of aliphatic hydroxyl groups excluding tert-OH is 1. The van der Waals surface area contributed by atoms with Gasteiger partial charge in [-0.15, -0.1) is 0 Å². The minimum absolute atomic E-state index is 0.0124. The van der Waals surface area contributed by atoms with E-state index in [1.807, 2.05) is 27.7 Å². The fourth-order valence-electron chi connectivity index (χ4n) is 7.00. The zero-order chi connectivity index (χ0) is 25.0. The molecule has 3 amide bonds. The summed E-state index contributed by atoms with van der Waals surface area (Å²) < 4.78 is 6.64. The third-order valence-electron chi connectivity index (χ3n) is 7.83. The summed E-state index contributed by atoms with van der Waals surface area (Å²) in [6.45, 7) is 14.7. The molecule has 0 saturated carbocycles. The maximum Gasteiger partial charge on any atom is 0.246 e. The number of likely N-dealkylation sites (tertiary alicyclic amines) is 1. The minimum atomic E-state index is -1.02. The molecular formula is C25H43N3O5. The monoisotopic (exact) mass is 465 g/mol. The molecule has 0 aromatic heterocycles. The van der Waals surface area contributed by atoms with Crippen LogP contribution < -0.4 is 10.6 Å². The summed E-state index contributed by atoms with van der Waals surface area (Å²) in [5, 5.41) is 15.2. The molecule has 3 saturated heterocycles. The third-order valence-corrected chi connectivity index (χ3v) is 7.83. The van der Waals surface area contributed by atoms with Crippen molar-refractivity contribution in [3.8, 4) is 0 Å². The first-order valence-corrected chi connectivity index (χ1v) is 12.3. The van der Waals surface area contributed by atoms with Gasteiger partial charge in [-0.1, -0.05) is 27.7 Å². The van der Waals surface area contributed by atoms with E-state index in [-0.39, 0.29) is 35.7 Å². The normalized spacial score (nSPS) is 35.7. The maximum atomic E-state index is 13.9. The first-order valence-electron chi connectivity index (χ1n) is 12.3. The number of hydrogen-bond acceptors (Lipinski definition) is 5. The number of aliphatic hydroxyl groups is 1. The van der Waals surface area contributed by atoms with Gasteiger partial charge >= 0.3 is 0 Å². The summed E-state index contributed by atoms with van der Waals surface area (Å²) in [6.07, 6.45) is 2.45. The van der Waals surface area contributed by atoms with Crippen molar-refractivity contribution in [3.63, 3.8) is 0 Å². The predicted molar refractivity (Wildman–Crippen MR) is 125 cm³/mol. The van der Waals surface area contributed by atoms with Gasteiger partial charge in [0.15, 0.2) is 0 Å². The third kappa shape index (κ3) is 4.29. The molecule has 3 aliphatic heterocycles. The molecule has 3 aliphatic rings. The van der Waals surface area contributed by atoms with Crippen LogP contribution in [0.3, 0.4) is 0 Å². The van der Waals surface area contributed by atoms with Gasteiger partial charge in [-0.05, 0) is 57.8 Å². The highest BCUT2D eigenvalue weighted by Gasteiger charge is 2.79. The molecule has 3 fully saturated rings. The van der Waals surface area contributed by atoms with Crippen LogP contribution in [0.5, 0.6) is 0 Å². The molecule has 8 heteroatoms. The van der Waals surface area contributed by atoms with Crippen molar-refractivity contribution in [2.75, 3.05) is 20.2 Å². The largest absolute Gasteiger partial charge is 0.396 e. The molecule has 2 bridgehead atoms. The summed E-state index contributed by atoms with van der Waals surface area (Å²) in [5.74, 6) is -1.93. The Morgan fingerprint density at radius 3 is 2.36 bits per heavy atom. The fourth-order valence-corrected chi connectivity index (χ4v) is 7.00. The number of nitrogens with zero attached hydrogens (tertiary/aromatic N) is 1. The van der Waals surface area contributed by atoms with Crippen LogP contribution in [0.1, 0.15) is 74.1 Å². The Bertz CT molecular complexity index is 806. The van der Waals surface area contributed by atoms with Crippen molar-refractivity contribution >= 4 is 17.7 Å². The standard InChI is InChI=1S/C25H43N3O5/c1-15-13-25-17(16(19(30)26-8)24(15,7)33-25)21(32)28(11-9-10-12-29)18(25)20(31)27-23(5,6)14-22(2,3)4/h15-18,29H,9-14H2,1-8H3,(H,26,30)(H,27,31)/t15?,16-,17+,18?,24+,25?/m1/s1. The molecule has 3 heterocycles. The van der Waals surface area contributed by atoms with Gasteiger partial charge in [0.2, 0.25) is 17.7 Å². The lowest BCUT2D eigenvalue weighted by molar-refractivity contribution is -0.148. The average molecular weight is 466 g/mol. The quantitative estimate of drug-likeness (QED) is 0.474. The van der Waals surface area contributed by atoms with Gasteiger partial charge in [-0.2, -0.15) is 0 Å². The Labute approximate surface area is 198 Å². The number of amides is 3. The number of carbonyl (C=O) groups is 3. The number of fused-ring (bicyclic) bond motifs is 1. The molecular weight excluding hydrogens is 422 g/mol. The Kier molecular flexibility index (Phi) is 6.70. The highest BCUT2D eigenvalue weighted by molar-refractivity contribution is 5.99. The molecule has 0 radical (unpaired) electrons. The van der Waals surface area contributed by atoms with Gasteiger partial charge in [0, 0.05) is 25.7 Å². The lowest BCUT2D eigenvalue weighted by Crippen LogP contribution is -2.59. The molecule has 33 heavy (non-hydrogen) atoms. The van der Waals surface area contributed by atoms with E-state index in [0.29, 0.717) is 25.8 Å². The number of ether oxygens (including phenoxy) is 1. The molecule has 188 valence electrons. The van der Waals surface area contributed by atoms with E-state index in [9.17, 15) is 19.5 Å². The average Bonchev–Trinajstić information content (AvgIpc) is 3.16. The van der Waals surface area contributed by atoms with E-state index >= 15 is 0 Å². The predicted octanol–water partition coefficient (Wildman–Crippen LogP) is 1.85. The summed E-state index contributed by atoms with van der Waals surface area (Å²) in [7, 11) is 1.58. The van der Waals surface area contributed by atoms with E-state index in [1.54, 1.807) is 11.9 Å². The van der Waals surface area contributed by atoms with Crippen LogP contribution in [0.25, 0.3) is 0 Å². The van der Waals surface area contributed by atoms with E-state index in [1.165, 1.54) is 0 Å². The first kappa shape index (κ1) is 25.9. The van der Waals surface area contributed by atoms with E-state index in [2.05, 4.69) is 31.4 Å². The highest BCUT2D eigenvalue weighted by Crippen LogP contribution is 2.65. The second-order valence-electron chi connectivity index (χ2n) is 12.4. The zero-order valence-corrected chi connectivity index (χ0v) is 21.6. The van der Waals surface area contributed by atoms with Crippen LogP contribution in [0.2, 0.25) is 0 Å². The van der Waals surface area contributed by atoms with E-state index in [0.717, 1.165) is 6.42 Å². The number of hydrogen-bond donors (Lipinski definition) is 3. The highest BCUT2D eigenvalue weighted by atomic mass is 16.5. The van der Waals surface area contributed by atoms with Gasteiger partial charge < -0.3 is 25.4 Å². The molecule has 3 N–H and O–H groups in total. The van der Waals surface area contributed by atoms with Crippen molar-refractivity contribution in [1.29, 1.82) is 0 Å². The Morgan fingerprint density at radius 1 is 1.18 bits per heavy atom. The van der Waals surface area contributed by atoms with Gasteiger partial charge in [-0.3, -0.25) is 14.4 Å². The van der Waals surface area contributed by atoms with Crippen molar-refractivity contribution in [2.45, 2.75) is 96.9 Å². The molecule has 0 aromatic rings. The van der Waals surface area contributed by atoms with Crippen molar-refractivity contribution in [2.24, 2.45) is 23.2 Å². The minimum Gasteiger partial charge on any atom is -0.396 e.